The van der Waals surface area contributed by atoms with Gasteiger partial charge < -0.3 is 10.1 Å². The molecule has 3 aromatic rings. The van der Waals surface area contributed by atoms with E-state index in [0.717, 1.165) is 28.5 Å². The topological polar surface area (TPSA) is 131 Å². The van der Waals surface area contributed by atoms with Crippen molar-refractivity contribution in [2.24, 2.45) is 0 Å². The zero-order chi connectivity index (χ0) is 23.1. The summed E-state index contributed by atoms with van der Waals surface area (Å²) >= 11 is 0.611. The zero-order valence-corrected chi connectivity index (χ0v) is 18.2. The summed E-state index contributed by atoms with van der Waals surface area (Å²) in [5.41, 5.74) is 3.96. The van der Waals surface area contributed by atoms with Crippen LogP contribution >= 0.6 is 11.8 Å². The van der Waals surface area contributed by atoms with Crippen molar-refractivity contribution in [3.05, 3.63) is 75.5 Å². The molecule has 0 fully saturated rings. The Labute approximate surface area is 188 Å². The molecule has 10 heteroatoms. The molecule has 3 rings (SSSR count). The first kappa shape index (κ1) is 22.7. The quantitative estimate of drug-likeness (QED) is 0.129. The number of aromatic nitrogens is 2. The fourth-order valence-electron chi connectivity index (χ4n) is 3.08. The molecule has 0 amide bonds. The van der Waals surface area contributed by atoms with Gasteiger partial charge in [0.25, 0.3) is 0 Å². The number of esters is 1. The highest BCUT2D eigenvalue weighted by atomic mass is 32.2. The maximum Gasteiger partial charge on any atom is 0.338 e. The lowest BCUT2D eigenvalue weighted by atomic mass is 9.95. The monoisotopic (exact) mass is 449 g/mol. The first-order valence-electron chi connectivity index (χ1n) is 9.61. The van der Waals surface area contributed by atoms with Crippen LogP contribution in [-0.2, 0) is 11.3 Å². The van der Waals surface area contributed by atoms with Crippen molar-refractivity contribution in [3.63, 3.8) is 0 Å². The van der Waals surface area contributed by atoms with Crippen molar-refractivity contribution < 1.29 is 14.5 Å². The van der Waals surface area contributed by atoms with Crippen molar-refractivity contribution in [1.29, 1.82) is 5.26 Å². The molecular weight excluding hydrogens is 430 g/mol. The Kier molecular flexibility index (Phi) is 7.36. The third kappa shape index (κ3) is 5.19. The van der Waals surface area contributed by atoms with Gasteiger partial charge in [0, 0.05) is 18.3 Å². The maximum absolute atomic E-state index is 12.1. The maximum atomic E-state index is 12.1. The number of carbonyl (C=O) groups is 1. The van der Waals surface area contributed by atoms with Gasteiger partial charge in [-0.15, -0.1) is 0 Å². The Hall–Kier alpha value is -3.97. The molecule has 9 nitrogen and oxygen atoms in total. The van der Waals surface area contributed by atoms with E-state index in [9.17, 15) is 14.9 Å². The van der Waals surface area contributed by atoms with Crippen LogP contribution in [-0.4, -0.2) is 27.5 Å². The van der Waals surface area contributed by atoms with E-state index in [1.807, 2.05) is 37.3 Å². The van der Waals surface area contributed by atoms with Gasteiger partial charge in [-0.05, 0) is 48.2 Å². The van der Waals surface area contributed by atoms with Gasteiger partial charge in [-0.2, -0.15) is 10.2 Å². The summed E-state index contributed by atoms with van der Waals surface area (Å²) in [6, 6.07) is 13.1. The predicted molar refractivity (Wildman–Crippen MR) is 120 cm³/mol. The summed E-state index contributed by atoms with van der Waals surface area (Å²) in [4.78, 5) is 30.6. The molecule has 1 N–H and O–H groups in total. The minimum Gasteiger partial charge on any atom is -0.462 e. The number of anilines is 1. The van der Waals surface area contributed by atoms with Crippen LogP contribution in [0.1, 0.15) is 28.4 Å². The van der Waals surface area contributed by atoms with Crippen molar-refractivity contribution in [2.45, 2.75) is 25.4 Å². The number of thiocyanates is 1. The molecule has 2 aromatic carbocycles. The summed E-state index contributed by atoms with van der Waals surface area (Å²) in [5, 5.41) is 24.8. The Morgan fingerprint density at radius 3 is 2.81 bits per heavy atom. The lowest BCUT2D eigenvalue weighted by Crippen LogP contribution is -2.07. The van der Waals surface area contributed by atoms with Gasteiger partial charge >= 0.3 is 11.7 Å². The van der Waals surface area contributed by atoms with Gasteiger partial charge in [0.05, 0.1) is 17.1 Å². The molecule has 0 saturated carbocycles. The highest BCUT2D eigenvalue weighted by molar-refractivity contribution is 8.03. The van der Waals surface area contributed by atoms with Crippen LogP contribution in [0.4, 0.5) is 11.6 Å². The van der Waals surface area contributed by atoms with E-state index in [-0.39, 0.29) is 22.6 Å². The number of benzene rings is 2. The van der Waals surface area contributed by atoms with Gasteiger partial charge in [0.2, 0.25) is 5.95 Å². The number of ether oxygens (including phenoxy) is 1. The summed E-state index contributed by atoms with van der Waals surface area (Å²) in [5.74, 6) is -0.186. The van der Waals surface area contributed by atoms with Crippen LogP contribution < -0.4 is 5.32 Å². The Balaban J connectivity index is 1.84. The average molecular weight is 449 g/mol. The van der Waals surface area contributed by atoms with Crippen molar-refractivity contribution in [2.75, 3.05) is 11.9 Å². The minimum absolute atomic E-state index is 0.0174. The first-order valence-corrected chi connectivity index (χ1v) is 10.4. The summed E-state index contributed by atoms with van der Waals surface area (Å²) in [7, 11) is 0. The number of hydrogen-bond acceptors (Lipinski definition) is 9. The predicted octanol–water partition coefficient (Wildman–Crippen LogP) is 4.72. The largest absolute Gasteiger partial charge is 0.462 e. The van der Waals surface area contributed by atoms with Crippen LogP contribution in [0.5, 0.6) is 0 Å². The Morgan fingerprint density at radius 2 is 2.09 bits per heavy atom. The lowest BCUT2D eigenvalue weighted by Gasteiger charge is -2.13. The molecule has 0 bridgehead atoms. The van der Waals surface area contributed by atoms with Crippen molar-refractivity contribution in [3.8, 4) is 16.5 Å². The van der Waals surface area contributed by atoms with Crippen LogP contribution in [0.3, 0.4) is 0 Å². The van der Waals surface area contributed by atoms with Crippen LogP contribution in [0.2, 0.25) is 0 Å². The smallest absolute Gasteiger partial charge is 0.338 e. The van der Waals surface area contributed by atoms with Crippen LogP contribution in [0, 0.1) is 27.7 Å². The third-order valence-electron chi connectivity index (χ3n) is 4.64. The second kappa shape index (κ2) is 10.4. The molecule has 162 valence electrons. The number of thioether (sulfide) groups is 1. The second-order valence-electron chi connectivity index (χ2n) is 6.58. The number of nitrogens with zero attached hydrogens (tertiary/aromatic N) is 4. The highest BCUT2D eigenvalue weighted by Crippen LogP contribution is 2.28. The lowest BCUT2D eigenvalue weighted by molar-refractivity contribution is -0.388. The summed E-state index contributed by atoms with van der Waals surface area (Å²) < 4.78 is 5.08. The molecule has 0 saturated heterocycles. The fourth-order valence-corrected chi connectivity index (χ4v) is 3.53. The minimum atomic E-state index is -0.624. The number of nitriles is 1. The van der Waals surface area contributed by atoms with E-state index < -0.39 is 4.92 Å². The van der Waals surface area contributed by atoms with Crippen molar-refractivity contribution in [1.82, 2.24) is 9.97 Å². The van der Waals surface area contributed by atoms with Crippen molar-refractivity contribution >= 4 is 29.4 Å². The average Bonchev–Trinajstić information content (AvgIpc) is 2.79. The van der Waals surface area contributed by atoms with E-state index >= 15 is 0 Å². The fraction of sp³-hybridized carbons (Fsp3) is 0.182. The number of nitrogens with one attached hydrogen (secondary N) is 1. The number of carbonyl (C=O) groups excluding carboxylic acids is 1. The summed E-state index contributed by atoms with van der Waals surface area (Å²) in [6.45, 7) is 4.41. The number of nitro groups is 1. The Morgan fingerprint density at radius 1 is 1.31 bits per heavy atom. The molecule has 0 aliphatic carbocycles. The van der Waals surface area contributed by atoms with E-state index in [1.54, 1.807) is 24.5 Å². The van der Waals surface area contributed by atoms with E-state index in [1.165, 1.54) is 0 Å². The number of rotatable bonds is 8. The molecule has 1 aromatic heterocycles. The molecule has 0 radical (unpaired) electrons. The second-order valence-corrected chi connectivity index (χ2v) is 7.35. The molecule has 0 atom stereocenters. The van der Waals surface area contributed by atoms with Crippen LogP contribution in [0.25, 0.3) is 11.1 Å². The molecule has 0 aliphatic heterocycles. The SMILES string of the molecule is CCOC(=O)c1cccc(-c2cccc(CNc3ncc([N+](=O)[O-])c(SC#N)n3)c2C)c1. The zero-order valence-electron chi connectivity index (χ0n) is 17.4. The third-order valence-corrected chi connectivity index (χ3v) is 5.23. The van der Waals surface area contributed by atoms with E-state index in [2.05, 4.69) is 15.3 Å². The molecule has 0 unspecified atom stereocenters. The molecule has 0 spiro atoms. The van der Waals surface area contributed by atoms with E-state index in [0.29, 0.717) is 30.5 Å². The van der Waals surface area contributed by atoms with Crippen LogP contribution in [0.15, 0.2) is 53.7 Å². The molecule has 0 aliphatic rings. The molecule has 1 heterocycles. The Bertz CT molecular complexity index is 1210. The standard InChI is InChI=1S/C22H19N5O4S/c1-3-31-21(28)16-7-4-6-15(10-16)18-9-5-8-17(14(18)2)11-24-22-25-12-19(27(29)30)20(26-22)32-13-23/h4-10,12H,3,11H2,1-2H3,(H,24,25,26). The highest BCUT2D eigenvalue weighted by Gasteiger charge is 2.18. The summed E-state index contributed by atoms with van der Waals surface area (Å²) in [6.07, 6.45) is 1.08. The normalized spacial score (nSPS) is 10.3. The van der Waals surface area contributed by atoms with E-state index in [4.69, 9.17) is 10.00 Å². The van der Waals surface area contributed by atoms with Gasteiger partial charge in [0.15, 0.2) is 5.03 Å². The van der Waals surface area contributed by atoms with Gasteiger partial charge in [-0.3, -0.25) is 10.1 Å². The molecule has 32 heavy (non-hydrogen) atoms. The first-order chi connectivity index (χ1) is 15.4. The van der Waals surface area contributed by atoms with Gasteiger partial charge in [0.1, 0.15) is 11.6 Å². The number of hydrogen-bond donors (Lipinski definition) is 1. The van der Waals surface area contributed by atoms with Gasteiger partial charge in [-0.25, -0.2) is 9.78 Å². The molecular formula is C22H19N5O4S. The van der Waals surface area contributed by atoms with Gasteiger partial charge in [-0.1, -0.05) is 30.3 Å².